The third-order valence-corrected chi connectivity index (χ3v) is 3.05. The number of hydrogen-bond acceptors (Lipinski definition) is 4. The summed E-state index contributed by atoms with van der Waals surface area (Å²) in [6, 6.07) is 5.43. The maximum Gasteiger partial charge on any atom is 0.231 e. The van der Waals surface area contributed by atoms with Crippen molar-refractivity contribution in [1.82, 2.24) is 10.6 Å². The van der Waals surface area contributed by atoms with Gasteiger partial charge in [-0.1, -0.05) is 13.0 Å². The number of nitrogens with one attached hydrogen (secondary N) is 2. The molecule has 1 aromatic carbocycles. The van der Waals surface area contributed by atoms with Gasteiger partial charge in [-0.05, 0) is 24.1 Å². The van der Waals surface area contributed by atoms with Crippen molar-refractivity contribution in [3.63, 3.8) is 0 Å². The monoisotopic (exact) mass is 292 g/mol. The summed E-state index contributed by atoms with van der Waals surface area (Å²) in [5, 5.41) is 5.50. The summed E-state index contributed by atoms with van der Waals surface area (Å²) in [6.45, 7) is 3.23. The predicted octanol–water partition coefficient (Wildman–Crippen LogP) is 0.990. The van der Waals surface area contributed by atoms with Gasteiger partial charge in [-0.25, -0.2) is 0 Å². The fourth-order valence-corrected chi connectivity index (χ4v) is 1.97. The molecule has 0 spiro atoms. The zero-order valence-electron chi connectivity index (χ0n) is 12.1. The molecule has 0 aliphatic carbocycles. The van der Waals surface area contributed by atoms with Gasteiger partial charge in [-0.3, -0.25) is 9.59 Å². The molecular weight excluding hydrogens is 272 g/mol. The molecule has 0 bridgehead atoms. The highest BCUT2D eigenvalue weighted by atomic mass is 16.7. The molecule has 2 N–H and O–H groups in total. The van der Waals surface area contributed by atoms with Crippen molar-refractivity contribution in [2.75, 3.05) is 19.9 Å². The molecule has 2 amide bonds. The average molecular weight is 292 g/mol. The summed E-state index contributed by atoms with van der Waals surface area (Å²) in [5.41, 5.74) is 0.854. The first-order chi connectivity index (χ1) is 10.2. The van der Waals surface area contributed by atoms with E-state index in [0.29, 0.717) is 31.0 Å². The lowest BCUT2D eigenvalue weighted by Gasteiger charge is -2.06. The Morgan fingerprint density at radius 3 is 2.67 bits per heavy atom. The zero-order valence-corrected chi connectivity index (χ0v) is 12.1. The molecule has 1 aromatic rings. The summed E-state index contributed by atoms with van der Waals surface area (Å²) >= 11 is 0. The van der Waals surface area contributed by atoms with Crippen LogP contribution in [0.1, 0.15) is 25.3 Å². The van der Waals surface area contributed by atoms with Crippen LogP contribution in [0.3, 0.4) is 0 Å². The summed E-state index contributed by atoms with van der Waals surface area (Å²) in [5.74, 6) is 1.21. The minimum atomic E-state index is -0.114. The van der Waals surface area contributed by atoms with Crippen LogP contribution in [-0.2, 0) is 16.0 Å². The summed E-state index contributed by atoms with van der Waals surface area (Å²) in [4.78, 5) is 23.2. The van der Waals surface area contributed by atoms with Gasteiger partial charge in [-0.15, -0.1) is 0 Å². The third kappa shape index (κ3) is 4.66. The van der Waals surface area contributed by atoms with Gasteiger partial charge in [-0.2, -0.15) is 0 Å². The second-order valence-electron chi connectivity index (χ2n) is 4.81. The van der Waals surface area contributed by atoms with Crippen LogP contribution in [-0.4, -0.2) is 31.7 Å². The van der Waals surface area contributed by atoms with Crippen molar-refractivity contribution in [2.45, 2.75) is 26.2 Å². The zero-order chi connectivity index (χ0) is 15.1. The Bertz CT molecular complexity index is 516. The van der Waals surface area contributed by atoms with Gasteiger partial charge in [0.1, 0.15) is 0 Å². The SMILES string of the molecule is CCCNC(=O)CCNC(=O)Cc1ccc2c(c1)OCO2. The Balaban J connectivity index is 1.71. The first-order valence-corrected chi connectivity index (χ1v) is 7.11. The van der Waals surface area contributed by atoms with Crippen molar-refractivity contribution in [1.29, 1.82) is 0 Å². The average Bonchev–Trinajstić information content (AvgIpc) is 2.92. The lowest BCUT2D eigenvalue weighted by molar-refractivity contribution is -0.122. The number of carbonyl (C=O) groups excluding carboxylic acids is 2. The van der Waals surface area contributed by atoms with Crippen LogP contribution < -0.4 is 20.1 Å². The van der Waals surface area contributed by atoms with Crippen LogP contribution in [0.25, 0.3) is 0 Å². The first kappa shape index (κ1) is 15.2. The molecule has 6 heteroatoms. The van der Waals surface area contributed by atoms with E-state index < -0.39 is 0 Å². The fraction of sp³-hybridized carbons (Fsp3) is 0.467. The van der Waals surface area contributed by atoms with Crippen LogP contribution in [0.4, 0.5) is 0 Å². The van der Waals surface area contributed by atoms with Crippen molar-refractivity contribution in [3.05, 3.63) is 23.8 Å². The number of ether oxygens (including phenoxy) is 2. The van der Waals surface area contributed by atoms with Crippen LogP contribution in [0, 0.1) is 0 Å². The maximum atomic E-state index is 11.8. The van der Waals surface area contributed by atoms with E-state index in [1.165, 1.54) is 0 Å². The number of benzene rings is 1. The number of hydrogen-bond donors (Lipinski definition) is 2. The van der Waals surface area contributed by atoms with Crippen LogP contribution in [0.5, 0.6) is 11.5 Å². The molecule has 0 atom stereocenters. The molecule has 0 saturated heterocycles. The van der Waals surface area contributed by atoms with Gasteiger partial charge < -0.3 is 20.1 Å². The Labute approximate surface area is 123 Å². The van der Waals surface area contributed by atoms with Crippen LogP contribution in [0.15, 0.2) is 18.2 Å². The molecule has 0 aromatic heterocycles. The van der Waals surface area contributed by atoms with Crippen molar-refractivity contribution in [3.8, 4) is 11.5 Å². The topological polar surface area (TPSA) is 76.7 Å². The second kappa shape index (κ2) is 7.52. The van der Waals surface area contributed by atoms with Gasteiger partial charge in [0.15, 0.2) is 11.5 Å². The van der Waals surface area contributed by atoms with E-state index in [2.05, 4.69) is 10.6 Å². The minimum absolute atomic E-state index is 0.0415. The lowest BCUT2D eigenvalue weighted by atomic mass is 10.1. The summed E-state index contributed by atoms with van der Waals surface area (Å²) < 4.78 is 10.5. The Morgan fingerprint density at radius 2 is 1.86 bits per heavy atom. The van der Waals surface area contributed by atoms with Gasteiger partial charge in [0.25, 0.3) is 0 Å². The Morgan fingerprint density at radius 1 is 1.10 bits per heavy atom. The molecular formula is C15H20N2O4. The smallest absolute Gasteiger partial charge is 0.231 e. The van der Waals surface area contributed by atoms with Crippen molar-refractivity contribution >= 4 is 11.8 Å². The third-order valence-electron chi connectivity index (χ3n) is 3.05. The minimum Gasteiger partial charge on any atom is -0.454 e. The molecule has 0 fully saturated rings. The van der Waals surface area contributed by atoms with E-state index >= 15 is 0 Å². The molecule has 1 aliphatic rings. The normalized spacial score (nSPS) is 12.0. The van der Waals surface area contributed by atoms with Crippen LogP contribution >= 0.6 is 0 Å². The van der Waals surface area contributed by atoms with E-state index in [9.17, 15) is 9.59 Å². The predicted molar refractivity (Wildman–Crippen MR) is 77.2 cm³/mol. The second-order valence-corrected chi connectivity index (χ2v) is 4.81. The van der Waals surface area contributed by atoms with E-state index in [4.69, 9.17) is 9.47 Å². The van der Waals surface area contributed by atoms with Gasteiger partial charge in [0, 0.05) is 19.5 Å². The maximum absolute atomic E-state index is 11.8. The molecule has 1 aliphatic heterocycles. The highest BCUT2D eigenvalue weighted by Crippen LogP contribution is 2.32. The standard InChI is InChI=1S/C15H20N2O4/c1-2-6-16-14(18)5-7-17-15(19)9-11-3-4-12-13(8-11)21-10-20-12/h3-4,8H,2,5-7,9-10H2,1H3,(H,16,18)(H,17,19). The molecule has 0 saturated carbocycles. The number of amides is 2. The van der Waals surface area contributed by atoms with Crippen molar-refractivity contribution in [2.24, 2.45) is 0 Å². The molecule has 0 radical (unpaired) electrons. The van der Waals surface area contributed by atoms with Gasteiger partial charge in [0.05, 0.1) is 6.42 Å². The van der Waals surface area contributed by atoms with Crippen LogP contribution in [0.2, 0.25) is 0 Å². The number of carbonyl (C=O) groups is 2. The van der Waals surface area contributed by atoms with E-state index in [0.717, 1.165) is 12.0 Å². The lowest BCUT2D eigenvalue weighted by Crippen LogP contribution is -2.31. The fourth-order valence-electron chi connectivity index (χ4n) is 1.97. The molecule has 2 rings (SSSR count). The number of fused-ring (bicyclic) bond motifs is 1. The largest absolute Gasteiger partial charge is 0.454 e. The Kier molecular flexibility index (Phi) is 5.43. The summed E-state index contributed by atoms with van der Waals surface area (Å²) in [7, 11) is 0. The van der Waals surface area contributed by atoms with Crippen molar-refractivity contribution < 1.29 is 19.1 Å². The molecule has 114 valence electrons. The molecule has 6 nitrogen and oxygen atoms in total. The first-order valence-electron chi connectivity index (χ1n) is 7.11. The van der Waals surface area contributed by atoms with Gasteiger partial charge in [0.2, 0.25) is 18.6 Å². The summed E-state index contributed by atoms with van der Waals surface area (Å²) in [6.07, 6.45) is 1.46. The molecule has 0 unspecified atom stereocenters. The Hall–Kier alpha value is -2.24. The van der Waals surface area contributed by atoms with E-state index in [1.54, 1.807) is 12.1 Å². The van der Waals surface area contributed by atoms with E-state index in [-0.39, 0.29) is 25.0 Å². The highest BCUT2D eigenvalue weighted by molar-refractivity contribution is 5.80. The molecule has 21 heavy (non-hydrogen) atoms. The quantitative estimate of drug-likeness (QED) is 0.786. The highest BCUT2D eigenvalue weighted by Gasteiger charge is 2.14. The number of rotatable bonds is 7. The van der Waals surface area contributed by atoms with Gasteiger partial charge >= 0.3 is 0 Å². The molecule has 1 heterocycles. The van der Waals surface area contributed by atoms with E-state index in [1.807, 2.05) is 13.0 Å².